The molecule has 2 aromatic carbocycles. The summed E-state index contributed by atoms with van der Waals surface area (Å²) in [5, 5.41) is 9.81. The fourth-order valence-corrected chi connectivity index (χ4v) is 1.95. The first-order chi connectivity index (χ1) is 9.16. The van der Waals surface area contributed by atoms with Gasteiger partial charge in [-0.25, -0.2) is 0 Å². The molecule has 0 aliphatic heterocycles. The van der Waals surface area contributed by atoms with Crippen molar-refractivity contribution in [1.29, 1.82) is 0 Å². The third kappa shape index (κ3) is 2.89. The molecule has 0 aliphatic carbocycles. The third-order valence-corrected chi connectivity index (χ3v) is 3.04. The predicted octanol–water partition coefficient (Wildman–Crippen LogP) is 4.16. The number of halogens is 6. The van der Waals surface area contributed by atoms with Crippen molar-refractivity contribution in [2.75, 3.05) is 0 Å². The van der Waals surface area contributed by atoms with Gasteiger partial charge in [-0.2, -0.15) is 22.0 Å². The average molecular weight is 328 g/mol. The number of rotatable bonds is 2. The van der Waals surface area contributed by atoms with E-state index in [1.807, 2.05) is 0 Å². The van der Waals surface area contributed by atoms with E-state index >= 15 is 0 Å². The molecule has 0 unspecified atom stereocenters. The molecule has 0 heterocycles. The first kappa shape index (κ1) is 17.5. The lowest BCUT2D eigenvalue weighted by Gasteiger charge is -2.26. The van der Waals surface area contributed by atoms with Crippen LogP contribution in [0.1, 0.15) is 11.6 Å². The van der Waals surface area contributed by atoms with Crippen LogP contribution in [-0.4, -0.2) is 17.2 Å². The first-order valence-electron chi connectivity index (χ1n) is 5.57. The minimum absolute atomic E-state index is 0. The maximum Gasteiger partial charge on any atom is 0.455 e. The van der Waals surface area contributed by atoms with Crippen molar-refractivity contribution < 1.29 is 27.1 Å². The van der Waals surface area contributed by atoms with Crippen molar-refractivity contribution in [2.45, 2.75) is 18.1 Å². The molecule has 2 rings (SSSR count). The Morgan fingerprint density at radius 2 is 1.43 bits per heavy atom. The second-order valence-corrected chi connectivity index (χ2v) is 4.32. The van der Waals surface area contributed by atoms with Gasteiger partial charge in [-0.1, -0.05) is 30.3 Å². The van der Waals surface area contributed by atoms with E-state index < -0.39 is 18.1 Å². The van der Waals surface area contributed by atoms with Crippen LogP contribution in [0.2, 0.25) is 0 Å². The average Bonchev–Trinajstić information content (AvgIpc) is 2.37. The van der Waals surface area contributed by atoms with Crippen molar-refractivity contribution in [3.63, 3.8) is 0 Å². The molecule has 0 spiro atoms. The minimum atomic E-state index is -5.74. The van der Waals surface area contributed by atoms with E-state index in [-0.39, 0.29) is 34.5 Å². The number of nitrogens with two attached hydrogens (primary N) is 1. The molecule has 8 heteroatoms. The number of hydrogen-bond donors (Lipinski definition) is 2. The van der Waals surface area contributed by atoms with Gasteiger partial charge in [-0.15, -0.1) is 12.4 Å². The third-order valence-electron chi connectivity index (χ3n) is 3.04. The molecule has 21 heavy (non-hydrogen) atoms. The van der Waals surface area contributed by atoms with Gasteiger partial charge in [0, 0.05) is 5.39 Å². The van der Waals surface area contributed by atoms with Crippen molar-refractivity contribution >= 4 is 23.2 Å². The summed E-state index contributed by atoms with van der Waals surface area (Å²) in [6.07, 6.45) is -5.74. The number of phenolic OH excluding ortho intramolecular Hbond substituents is 1. The lowest BCUT2D eigenvalue weighted by atomic mass is 9.94. The number of alkyl halides is 5. The number of aromatic hydroxyl groups is 1. The maximum atomic E-state index is 13.3. The van der Waals surface area contributed by atoms with E-state index in [4.69, 9.17) is 5.73 Å². The Hall–Kier alpha value is -1.60. The van der Waals surface area contributed by atoms with Crippen LogP contribution in [0.15, 0.2) is 36.4 Å². The van der Waals surface area contributed by atoms with Gasteiger partial charge in [-0.05, 0) is 17.0 Å². The zero-order valence-corrected chi connectivity index (χ0v) is 11.2. The summed E-state index contributed by atoms with van der Waals surface area (Å²) >= 11 is 0. The minimum Gasteiger partial charge on any atom is -0.507 e. The monoisotopic (exact) mass is 327 g/mol. The standard InChI is InChI=1S/C13H10F5NO.ClH/c14-12(15,13(16,17)18)11(19)9-5-6-10(20)8-4-2-1-3-7(8)9;/h1-6,11,20H,19H2;1H/t11-;/m0./s1. The maximum absolute atomic E-state index is 13.3. The van der Waals surface area contributed by atoms with Gasteiger partial charge in [0.15, 0.2) is 0 Å². The van der Waals surface area contributed by atoms with E-state index in [0.29, 0.717) is 0 Å². The topological polar surface area (TPSA) is 46.2 Å². The quantitative estimate of drug-likeness (QED) is 0.813. The Labute approximate surface area is 122 Å². The Morgan fingerprint density at radius 3 is 1.95 bits per heavy atom. The van der Waals surface area contributed by atoms with Crippen LogP contribution in [0.5, 0.6) is 5.75 Å². The molecule has 0 saturated carbocycles. The van der Waals surface area contributed by atoms with E-state index in [2.05, 4.69) is 0 Å². The van der Waals surface area contributed by atoms with Gasteiger partial charge in [0.2, 0.25) is 0 Å². The molecule has 0 aromatic heterocycles. The summed E-state index contributed by atoms with van der Waals surface area (Å²) in [7, 11) is 0. The second-order valence-electron chi connectivity index (χ2n) is 4.32. The lowest BCUT2D eigenvalue weighted by molar-refractivity contribution is -0.290. The molecule has 0 aliphatic rings. The van der Waals surface area contributed by atoms with Crippen LogP contribution < -0.4 is 5.73 Å². The number of phenols is 1. The molecule has 2 aromatic rings. The highest BCUT2D eigenvalue weighted by atomic mass is 35.5. The summed E-state index contributed by atoms with van der Waals surface area (Å²) in [6, 6.07) is 5.20. The van der Waals surface area contributed by atoms with Gasteiger partial charge < -0.3 is 10.8 Å². The molecule has 116 valence electrons. The lowest BCUT2D eigenvalue weighted by Crippen LogP contribution is -2.45. The van der Waals surface area contributed by atoms with E-state index in [9.17, 15) is 27.1 Å². The zero-order valence-electron chi connectivity index (χ0n) is 10.4. The van der Waals surface area contributed by atoms with Crippen LogP contribution in [0.3, 0.4) is 0 Å². The Kier molecular flexibility index (Phi) is 4.70. The molecule has 0 saturated heterocycles. The fraction of sp³-hybridized carbons (Fsp3) is 0.231. The van der Waals surface area contributed by atoms with Crippen LogP contribution in [0.25, 0.3) is 10.8 Å². The summed E-state index contributed by atoms with van der Waals surface area (Å²) in [6.45, 7) is 0. The van der Waals surface area contributed by atoms with Gasteiger partial charge in [0.1, 0.15) is 11.8 Å². The highest BCUT2D eigenvalue weighted by Gasteiger charge is 2.61. The molecule has 1 atom stereocenters. The highest BCUT2D eigenvalue weighted by Crippen LogP contribution is 2.45. The molecular weight excluding hydrogens is 317 g/mol. The van der Waals surface area contributed by atoms with Crippen molar-refractivity contribution in [2.24, 2.45) is 5.73 Å². The molecule has 0 bridgehead atoms. The van der Waals surface area contributed by atoms with Crippen molar-refractivity contribution in [3.05, 3.63) is 42.0 Å². The van der Waals surface area contributed by atoms with E-state index in [1.54, 1.807) is 0 Å². The largest absolute Gasteiger partial charge is 0.507 e. The van der Waals surface area contributed by atoms with Gasteiger partial charge >= 0.3 is 12.1 Å². The van der Waals surface area contributed by atoms with Crippen molar-refractivity contribution in [3.8, 4) is 5.75 Å². The zero-order chi connectivity index (χ0) is 15.1. The highest BCUT2D eigenvalue weighted by molar-refractivity contribution is 5.91. The molecule has 3 N–H and O–H groups in total. The van der Waals surface area contributed by atoms with E-state index in [0.717, 1.165) is 12.1 Å². The van der Waals surface area contributed by atoms with Gasteiger partial charge in [-0.3, -0.25) is 0 Å². The fourth-order valence-electron chi connectivity index (χ4n) is 1.95. The predicted molar refractivity (Wildman–Crippen MR) is 70.8 cm³/mol. The molecule has 2 nitrogen and oxygen atoms in total. The van der Waals surface area contributed by atoms with Crippen molar-refractivity contribution in [1.82, 2.24) is 0 Å². The summed E-state index contributed by atoms with van der Waals surface area (Å²) in [5.41, 5.74) is 4.75. The number of hydrogen-bond acceptors (Lipinski definition) is 2. The normalized spacial score (nSPS) is 13.8. The summed E-state index contributed by atoms with van der Waals surface area (Å²) in [5.74, 6) is -5.28. The second kappa shape index (κ2) is 5.65. The Morgan fingerprint density at radius 1 is 0.905 bits per heavy atom. The van der Waals surface area contributed by atoms with Crippen LogP contribution in [0, 0.1) is 0 Å². The van der Waals surface area contributed by atoms with Crippen LogP contribution in [-0.2, 0) is 0 Å². The van der Waals surface area contributed by atoms with Gasteiger partial charge in [0.25, 0.3) is 0 Å². The number of fused-ring (bicyclic) bond motifs is 1. The molecular formula is C13H11ClF5NO. The SMILES string of the molecule is Cl.N[C@@H](c1ccc(O)c2ccccc12)C(F)(F)C(F)(F)F. The van der Waals surface area contributed by atoms with E-state index in [1.165, 1.54) is 24.3 Å². The Bertz CT molecular complexity index is 644. The molecule has 0 radical (unpaired) electrons. The summed E-state index contributed by atoms with van der Waals surface area (Å²) in [4.78, 5) is 0. The first-order valence-corrected chi connectivity index (χ1v) is 5.57. The number of benzene rings is 2. The van der Waals surface area contributed by atoms with Crippen LogP contribution in [0.4, 0.5) is 22.0 Å². The summed E-state index contributed by atoms with van der Waals surface area (Å²) < 4.78 is 63.8. The smallest absolute Gasteiger partial charge is 0.455 e. The molecule has 0 fully saturated rings. The van der Waals surface area contributed by atoms with Gasteiger partial charge in [0.05, 0.1) is 0 Å². The Balaban J connectivity index is 0.00000220. The van der Waals surface area contributed by atoms with Crippen LogP contribution >= 0.6 is 12.4 Å². The molecule has 0 amide bonds.